The van der Waals surface area contributed by atoms with Crippen molar-refractivity contribution in [2.24, 2.45) is 0 Å². The van der Waals surface area contributed by atoms with Crippen molar-refractivity contribution in [2.45, 2.75) is 65.4 Å². The van der Waals surface area contributed by atoms with Gasteiger partial charge < -0.3 is 10.2 Å². The van der Waals surface area contributed by atoms with E-state index in [2.05, 4.69) is 24.4 Å². The summed E-state index contributed by atoms with van der Waals surface area (Å²) in [5.74, 6) is 1.05. The van der Waals surface area contributed by atoms with E-state index >= 15 is 0 Å². The molecule has 0 aliphatic carbocycles. The number of nitrogens with one attached hydrogen (secondary N) is 1. The molecule has 0 heterocycles. The molecule has 2 rings (SSSR count). The summed E-state index contributed by atoms with van der Waals surface area (Å²) >= 11 is 1.60. The monoisotopic (exact) mass is 426 g/mol. The minimum atomic E-state index is -0.474. The van der Waals surface area contributed by atoms with Crippen molar-refractivity contribution < 1.29 is 9.59 Å². The van der Waals surface area contributed by atoms with Gasteiger partial charge in [0.1, 0.15) is 6.04 Å². The molecule has 0 aliphatic rings. The highest BCUT2D eigenvalue weighted by atomic mass is 32.2. The third-order valence-corrected chi connectivity index (χ3v) is 6.13. The average molecular weight is 427 g/mol. The smallest absolute Gasteiger partial charge is 0.243 e. The zero-order chi connectivity index (χ0) is 22.1. The molecule has 30 heavy (non-hydrogen) atoms. The Balaban J connectivity index is 2.16. The minimum absolute atomic E-state index is 0.00240. The highest BCUT2D eigenvalue weighted by molar-refractivity contribution is 7.99. The number of thioether (sulfide) groups is 1. The second kappa shape index (κ2) is 11.8. The van der Waals surface area contributed by atoms with Crippen molar-refractivity contribution in [1.82, 2.24) is 10.2 Å². The lowest BCUT2D eigenvalue weighted by atomic mass is 10.1. The number of carbonyl (C=O) groups is 2. The van der Waals surface area contributed by atoms with Crippen LogP contribution in [-0.4, -0.2) is 34.6 Å². The Hall–Kier alpha value is -2.27. The number of carbonyl (C=O) groups excluding carboxylic acids is 2. The summed E-state index contributed by atoms with van der Waals surface area (Å²) in [4.78, 5) is 27.8. The van der Waals surface area contributed by atoms with Crippen molar-refractivity contribution in [3.05, 3.63) is 70.8 Å². The maximum Gasteiger partial charge on any atom is 0.243 e. The molecule has 0 unspecified atom stereocenters. The van der Waals surface area contributed by atoms with Crippen molar-refractivity contribution in [3.8, 4) is 0 Å². The first kappa shape index (κ1) is 24.0. The zero-order valence-electron chi connectivity index (χ0n) is 18.8. The largest absolute Gasteiger partial charge is 0.352 e. The van der Waals surface area contributed by atoms with Gasteiger partial charge in [0.2, 0.25) is 11.8 Å². The molecule has 1 N–H and O–H groups in total. The quantitative estimate of drug-likeness (QED) is 0.590. The van der Waals surface area contributed by atoms with Crippen molar-refractivity contribution in [3.63, 3.8) is 0 Å². The van der Waals surface area contributed by atoms with E-state index in [9.17, 15) is 9.59 Å². The van der Waals surface area contributed by atoms with Crippen LogP contribution in [0.5, 0.6) is 0 Å². The van der Waals surface area contributed by atoms with Crippen LogP contribution in [0.1, 0.15) is 49.4 Å². The summed E-state index contributed by atoms with van der Waals surface area (Å²) in [7, 11) is 0. The van der Waals surface area contributed by atoms with Gasteiger partial charge >= 0.3 is 0 Å². The fourth-order valence-corrected chi connectivity index (χ4v) is 4.36. The number of aryl methyl sites for hydroxylation is 2. The van der Waals surface area contributed by atoms with Gasteiger partial charge in [0, 0.05) is 18.3 Å². The van der Waals surface area contributed by atoms with Crippen LogP contribution in [0.25, 0.3) is 0 Å². The minimum Gasteiger partial charge on any atom is -0.352 e. The Labute approximate surface area is 185 Å². The van der Waals surface area contributed by atoms with Crippen LogP contribution < -0.4 is 5.32 Å². The lowest BCUT2D eigenvalue weighted by Crippen LogP contribution is -2.51. The highest BCUT2D eigenvalue weighted by Crippen LogP contribution is 2.20. The van der Waals surface area contributed by atoms with E-state index in [1.54, 1.807) is 16.7 Å². The van der Waals surface area contributed by atoms with E-state index in [1.807, 2.05) is 64.1 Å². The van der Waals surface area contributed by atoms with Gasteiger partial charge in [0.05, 0.1) is 5.75 Å². The lowest BCUT2D eigenvalue weighted by Gasteiger charge is -2.31. The number of amides is 2. The van der Waals surface area contributed by atoms with Gasteiger partial charge in [-0.15, -0.1) is 11.8 Å². The van der Waals surface area contributed by atoms with Crippen molar-refractivity contribution in [2.75, 3.05) is 5.75 Å². The number of hydrogen-bond donors (Lipinski definition) is 1. The fraction of sp³-hybridized carbons (Fsp3) is 0.440. The predicted molar refractivity (Wildman–Crippen MR) is 126 cm³/mol. The van der Waals surface area contributed by atoms with Crippen LogP contribution in [0.4, 0.5) is 0 Å². The summed E-state index contributed by atoms with van der Waals surface area (Å²) in [5, 5.41) is 2.98. The second-order valence-electron chi connectivity index (χ2n) is 7.95. The maximum atomic E-state index is 13.2. The number of rotatable bonds is 10. The molecule has 0 spiro atoms. The van der Waals surface area contributed by atoms with E-state index in [1.165, 1.54) is 11.1 Å². The highest BCUT2D eigenvalue weighted by Gasteiger charge is 2.29. The molecule has 0 saturated heterocycles. The van der Waals surface area contributed by atoms with Gasteiger partial charge in [0.25, 0.3) is 0 Å². The molecule has 2 aromatic carbocycles. The summed E-state index contributed by atoms with van der Waals surface area (Å²) in [5.41, 5.74) is 4.68. The maximum absolute atomic E-state index is 13.2. The molecule has 0 fully saturated rings. The summed E-state index contributed by atoms with van der Waals surface area (Å²) < 4.78 is 0. The van der Waals surface area contributed by atoms with Gasteiger partial charge in [-0.05, 0) is 56.4 Å². The molecule has 0 aliphatic heterocycles. The van der Waals surface area contributed by atoms with E-state index < -0.39 is 6.04 Å². The van der Waals surface area contributed by atoms with Crippen molar-refractivity contribution in [1.29, 1.82) is 0 Å². The number of benzene rings is 2. The van der Waals surface area contributed by atoms with E-state index in [0.717, 1.165) is 16.9 Å². The van der Waals surface area contributed by atoms with Crippen LogP contribution in [0.2, 0.25) is 0 Å². The third kappa shape index (κ3) is 6.91. The predicted octanol–water partition coefficient (Wildman–Crippen LogP) is 4.87. The molecular weight excluding hydrogens is 392 g/mol. The van der Waals surface area contributed by atoms with E-state index in [4.69, 9.17) is 0 Å². The number of hydrogen-bond acceptors (Lipinski definition) is 3. The molecule has 0 saturated carbocycles. The number of nitrogens with zero attached hydrogens (tertiary/aromatic N) is 1. The standard InChI is InChI=1S/C25H34N2O2S/c1-6-23(25(29)26-18(2)3)27(15-21-13-9-7-11-19(21)4)24(28)17-30-16-22-14-10-8-12-20(22)5/h7-14,18,23H,6,15-17H2,1-5H3,(H,26,29)/t23-/m0/s1. The second-order valence-corrected chi connectivity index (χ2v) is 8.94. The van der Waals surface area contributed by atoms with Gasteiger partial charge in [-0.3, -0.25) is 9.59 Å². The zero-order valence-corrected chi connectivity index (χ0v) is 19.6. The van der Waals surface area contributed by atoms with Crippen LogP contribution in [-0.2, 0) is 21.9 Å². The summed E-state index contributed by atoms with van der Waals surface area (Å²) in [6.07, 6.45) is 0.582. The first-order chi connectivity index (χ1) is 14.3. The average Bonchev–Trinajstić information content (AvgIpc) is 2.70. The van der Waals surface area contributed by atoms with Crippen molar-refractivity contribution >= 4 is 23.6 Å². The molecule has 5 heteroatoms. The van der Waals surface area contributed by atoms with Gasteiger partial charge in [-0.1, -0.05) is 55.5 Å². The molecule has 0 bridgehead atoms. The Morgan fingerprint density at radius 3 is 2.07 bits per heavy atom. The van der Waals surface area contributed by atoms with Crippen LogP contribution >= 0.6 is 11.8 Å². The molecule has 162 valence electrons. The van der Waals surface area contributed by atoms with E-state index in [-0.39, 0.29) is 17.9 Å². The SMILES string of the molecule is CC[C@@H](C(=O)NC(C)C)N(Cc1ccccc1C)C(=O)CSCc1ccccc1C. The summed E-state index contributed by atoms with van der Waals surface area (Å²) in [6, 6.07) is 15.9. The van der Waals surface area contributed by atoms with Gasteiger partial charge in [-0.2, -0.15) is 0 Å². The Kier molecular flexibility index (Phi) is 9.44. The van der Waals surface area contributed by atoms with Crippen LogP contribution in [0, 0.1) is 13.8 Å². The molecule has 1 atom stereocenters. The summed E-state index contributed by atoms with van der Waals surface area (Å²) in [6.45, 7) is 10.4. The molecular formula is C25H34N2O2S. The normalized spacial score (nSPS) is 11.9. The molecule has 2 aromatic rings. The Morgan fingerprint density at radius 2 is 1.53 bits per heavy atom. The van der Waals surface area contributed by atoms with Gasteiger partial charge in [0.15, 0.2) is 0 Å². The first-order valence-electron chi connectivity index (χ1n) is 10.6. The molecule has 4 nitrogen and oxygen atoms in total. The lowest BCUT2D eigenvalue weighted by molar-refractivity contribution is -0.139. The van der Waals surface area contributed by atoms with Crippen LogP contribution in [0.3, 0.4) is 0 Å². The molecule has 0 aromatic heterocycles. The van der Waals surface area contributed by atoms with E-state index in [0.29, 0.717) is 18.7 Å². The van der Waals surface area contributed by atoms with Gasteiger partial charge in [-0.25, -0.2) is 0 Å². The molecule has 0 radical (unpaired) electrons. The molecule has 2 amide bonds. The Bertz CT molecular complexity index is 851. The fourth-order valence-electron chi connectivity index (χ4n) is 3.37. The van der Waals surface area contributed by atoms with Crippen LogP contribution in [0.15, 0.2) is 48.5 Å². The Morgan fingerprint density at radius 1 is 0.967 bits per heavy atom. The topological polar surface area (TPSA) is 49.4 Å². The first-order valence-corrected chi connectivity index (χ1v) is 11.8. The third-order valence-electron chi connectivity index (χ3n) is 5.16.